The van der Waals surface area contributed by atoms with Crippen LogP contribution in [0.4, 0.5) is 5.69 Å². The lowest BCUT2D eigenvalue weighted by Gasteiger charge is -2.16. The lowest BCUT2D eigenvalue weighted by molar-refractivity contribution is -0.116. The summed E-state index contributed by atoms with van der Waals surface area (Å²) in [4.78, 5) is 12.4. The molecule has 1 fully saturated rings. The Morgan fingerprint density at radius 1 is 1.03 bits per heavy atom. The topological polar surface area (TPSA) is 84.9 Å². The van der Waals surface area contributed by atoms with Crippen molar-refractivity contribution in [3.63, 3.8) is 0 Å². The summed E-state index contributed by atoms with van der Waals surface area (Å²) in [5, 5.41) is 2.77. The summed E-state index contributed by atoms with van der Waals surface area (Å²) in [6, 6.07) is 13.8. The molecule has 0 bridgehead atoms. The molecule has 0 aromatic heterocycles. The van der Waals surface area contributed by atoms with Gasteiger partial charge in [-0.25, -0.2) is 8.42 Å². The first-order valence-electron chi connectivity index (χ1n) is 10.2. The van der Waals surface area contributed by atoms with Gasteiger partial charge in [0.05, 0.1) is 18.1 Å². The maximum absolute atomic E-state index is 12.7. The summed E-state index contributed by atoms with van der Waals surface area (Å²) < 4.78 is 37.8. The molecule has 0 atom stereocenters. The first-order valence-corrected chi connectivity index (χ1v) is 11.7. The van der Waals surface area contributed by atoms with Crippen molar-refractivity contribution in [2.45, 2.75) is 37.5 Å². The van der Waals surface area contributed by atoms with Crippen molar-refractivity contribution in [3.05, 3.63) is 48.5 Å². The number of ether oxygens (including phenoxy) is 2. The molecule has 0 radical (unpaired) electrons. The van der Waals surface area contributed by atoms with Crippen LogP contribution in [0.2, 0.25) is 0 Å². The van der Waals surface area contributed by atoms with Crippen LogP contribution >= 0.6 is 0 Å². The first-order chi connectivity index (χ1) is 14.5. The molecule has 1 heterocycles. The molecule has 1 N–H and O–H groups in total. The number of benzene rings is 2. The molecule has 1 aliphatic heterocycles. The van der Waals surface area contributed by atoms with E-state index < -0.39 is 10.0 Å². The molecule has 2 aromatic carbocycles. The summed E-state index contributed by atoms with van der Waals surface area (Å²) in [6.45, 7) is 4.05. The van der Waals surface area contributed by atoms with E-state index in [1.807, 2.05) is 31.2 Å². The van der Waals surface area contributed by atoms with E-state index in [-0.39, 0.29) is 17.2 Å². The number of amides is 1. The normalized spacial score (nSPS) is 14.4. The fraction of sp³-hybridized carbons (Fsp3) is 0.409. The van der Waals surface area contributed by atoms with Crippen LogP contribution in [-0.2, 0) is 14.8 Å². The summed E-state index contributed by atoms with van der Waals surface area (Å²) >= 11 is 0. The first kappa shape index (κ1) is 22.1. The molecule has 1 aliphatic rings. The van der Waals surface area contributed by atoms with Crippen LogP contribution in [0.1, 0.15) is 32.6 Å². The Hall–Kier alpha value is -2.58. The number of carbonyl (C=O) groups is 1. The van der Waals surface area contributed by atoms with Gasteiger partial charge in [0, 0.05) is 25.2 Å². The second-order valence-corrected chi connectivity index (χ2v) is 8.98. The van der Waals surface area contributed by atoms with E-state index in [2.05, 4.69) is 5.32 Å². The number of nitrogens with one attached hydrogen (secondary N) is 1. The zero-order chi connectivity index (χ0) is 21.4. The minimum Gasteiger partial charge on any atom is -0.494 e. The Labute approximate surface area is 178 Å². The molecule has 3 rings (SSSR count). The van der Waals surface area contributed by atoms with E-state index >= 15 is 0 Å². The Balaban J connectivity index is 1.46. The predicted octanol–water partition coefficient (Wildman–Crippen LogP) is 3.67. The number of anilines is 1. The highest BCUT2D eigenvalue weighted by atomic mass is 32.2. The van der Waals surface area contributed by atoms with Crippen molar-refractivity contribution in [2.75, 3.05) is 31.6 Å². The van der Waals surface area contributed by atoms with Crippen LogP contribution in [0.25, 0.3) is 0 Å². The molecule has 8 heteroatoms. The summed E-state index contributed by atoms with van der Waals surface area (Å²) in [5.41, 5.74) is 0.479. The van der Waals surface area contributed by atoms with Crippen LogP contribution < -0.4 is 14.8 Å². The second-order valence-electron chi connectivity index (χ2n) is 7.04. The van der Waals surface area contributed by atoms with E-state index in [1.165, 1.54) is 10.4 Å². The standard InChI is InChI=1S/C22H28N2O5S/c1-2-28-19-10-12-20(13-11-19)29-16-6-9-22(25)23-18-7-5-8-21(17-18)30(26,27)24-14-3-4-15-24/h5,7-8,10-13,17H,2-4,6,9,14-16H2,1H3,(H,23,25). The minimum atomic E-state index is -3.50. The third-order valence-electron chi connectivity index (χ3n) is 4.77. The quantitative estimate of drug-likeness (QED) is 0.579. The van der Waals surface area contributed by atoms with Crippen molar-refractivity contribution in [1.82, 2.24) is 4.31 Å². The Morgan fingerprint density at radius 2 is 1.70 bits per heavy atom. The third kappa shape index (κ3) is 5.96. The molecule has 0 aliphatic carbocycles. The monoisotopic (exact) mass is 432 g/mol. The molecule has 30 heavy (non-hydrogen) atoms. The maximum atomic E-state index is 12.7. The van der Waals surface area contributed by atoms with Crippen molar-refractivity contribution < 1.29 is 22.7 Å². The molecule has 1 saturated heterocycles. The summed E-state index contributed by atoms with van der Waals surface area (Å²) in [7, 11) is -3.50. The number of nitrogens with zero attached hydrogens (tertiary/aromatic N) is 1. The van der Waals surface area contributed by atoms with E-state index in [1.54, 1.807) is 18.2 Å². The molecule has 1 amide bonds. The van der Waals surface area contributed by atoms with Gasteiger partial charge in [0.2, 0.25) is 15.9 Å². The average molecular weight is 433 g/mol. The van der Waals surface area contributed by atoms with Gasteiger partial charge < -0.3 is 14.8 Å². The molecular weight excluding hydrogens is 404 g/mol. The van der Waals surface area contributed by atoms with E-state index in [4.69, 9.17) is 9.47 Å². The van der Waals surface area contributed by atoms with Gasteiger partial charge in [0.15, 0.2) is 0 Å². The largest absolute Gasteiger partial charge is 0.494 e. The van der Waals surface area contributed by atoms with Gasteiger partial charge in [-0.1, -0.05) is 6.07 Å². The lowest BCUT2D eigenvalue weighted by Crippen LogP contribution is -2.27. The number of hydrogen-bond donors (Lipinski definition) is 1. The minimum absolute atomic E-state index is 0.180. The average Bonchev–Trinajstić information content (AvgIpc) is 3.29. The molecule has 0 spiro atoms. The molecule has 7 nitrogen and oxygen atoms in total. The van der Waals surface area contributed by atoms with Crippen LogP contribution in [0.3, 0.4) is 0 Å². The van der Waals surface area contributed by atoms with Crippen molar-refractivity contribution in [3.8, 4) is 11.5 Å². The fourth-order valence-electron chi connectivity index (χ4n) is 3.26. The van der Waals surface area contributed by atoms with Gasteiger partial charge in [-0.3, -0.25) is 4.79 Å². The highest BCUT2D eigenvalue weighted by molar-refractivity contribution is 7.89. The summed E-state index contributed by atoms with van der Waals surface area (Å²) in [5.74, 6) is 1.33. The third-order valence-corrected chi connectivity index (χ3v) is 6.67. The molecule has 0 unspecified atom stereocenters. The fourth-order valence-corrected chi connectivity index (χ4v) is 4.82. The zero-order valence-electron chi connectivity index (χ0n) is 17.2. The summed E-state index contributed by atoms with van der Waals surface area (Å²) in [6.07, 6.45) is 2.59. The van der Waals surface area contributed by atoms with Gasteiger partial charge in [0.25, 0.3) is 0 Å². The molecular formula is C22H28N2O5S. The Bertz CT molecular complexity index is 938. The number of hydrogen-bond acceptors (Lipinski definition) is 5. The van der Waals surface area contributed by atoms with Crippen molar-refractivity contribution in [2.24, 2.45) is 0 Å². The van der Waals surface area contributed by atoms with Crippen LogP contribution in [0.15, 0.2) is 53.4 Å². The molecule has 0 saturated carbocycles. The predicted molar refractivity (Wildman–Crippen MR) is 115 cm³/mol. The van der Waals surface area contributed by atoms with E-state index in [9.17, 15) is 13.2 Å². The zero-order valence-corrected chi connectivity index (χ0v) is 18.0. The lowest BCUT2D eigenvalue weighted by atomic mass is 10.2. The second kappa shape index (κ2) is 10.4. The maximum Gasteiger partial charge on any atom is 0.243 e. The van der Waals surface area contributed by atoms with E-state index in [0.717, 1.165) is 24.3 Å². The van der Waals surface area contributed by atoms with Crippen LogP contribution in [-0.4, -0.2) is 44.9 Å². The smallest absolute Gasteiger partial charge is 0.243 e. The van der Waals surface area contributed by atoms with E-state index in [0.29, 0.717) is 38.4 Å². The Kier molecular flexibility index (Phi) is 7.70. The highest BCUT2D eigenvalue weighted by Crippen LogP contribution is 2.23. The Morgan fingerprint density at radius 3 is 2.37 bits per heavy atom. The van der Waals surface area contributed by atoms with Gasteiger partial charge >= 0.3 is 0 Å². The van der Waals surface area contributed by atoms with Crippen molar-refractivity contribution >= 4 is 21.6 Å². The van der Waals surface area contributed by atoms with Gasteiger partial charge in [-0.2, -0.15) is 4.31 Å². The number of carbonyl (C=O) groups excluding carboxylic acids is 1. The highest BCUT2D eigenvalue weighted by Gasteiger charge is 2.27. The van der Waals surface area contributed by atoms with Crippen LogP contribution in [0.5, 0.6) is 11.5 Å². The number of rotatable bonds is 10. The van der Waals surface area contributed by atoms with Crippen molar-refractivity contribution in [1.29, 1.82) is 0 Å². The number of sulfonamides is 1. The van der Waals surface area contributed by atoms with Crippen LogP contribution in [0, 0.1) is 0 Å². The molecule has 162 valence electrons. The van der Waals surface area contributed by atoms with Gasteiger partial charge in [-0.15, -0.1) is 0 Å². The van der Waals surface area contributed by atoms with Gasteiger partial charge in [0.1, 0.15) is 11.5 Å². The van der Waals surface area contributed by atoms with Gasteiger partial charge in [-0.05, 0) is 68.7 Å². The SMILES string of the molecule is CCOc1ccc(OCCCC(=O)Nc2cccc(S(=O)(=O)N3CCCC3)c2)cc1. The molecule has 2 aromatic rings.